The van der Waals surface area contributed by atoms with Crippen LogP contribution in [-0.2, 0) is 16.0 Å². The summed E-state index contributed by atoms with van der Waals surface area (Å²) in [5, 5.41) is 11.1. The standard InChI is InChI=1S/C12H13BrFNO3S/c13-9-5-8(1-2-10(9)14)6-11(16)15-3-4-19-7-12(17)18/h1-2,5H,3-4,6-7H2,(H,15,16)(H,17,18). The highest BCUT2D eigenvalue weighted by molar-refractivity contribution is 9.10. The van der Waals surface area contributed by atoms with Gasteiger partial charge in [0.2, 0.25) is 5.91 Å². The van der Waals surface area contributed by atoms with Gasteiger partial charge < -0.3 is 10.4 Å². The molecule has 1 rings (SSSR count). The van der Waals surface area contributed by atoms with Gasteiger partial charge in [0.05, 0.1) is 16.6 Å². The molecule has 0 aliphatic rings. The van der Waals surface area contributed by atoms with Crippen LogP contribution in [0, 0.1) is 5.82 Å². The van der Waals surface area contributed by atoms with E-state index in [1.165, 1.54) is 17.8 Å². The normalized spacial score (nSPS) is 10.2. The van der Waals surface area contributed by atoms with Crippen LogP contribution >= 0.6 is 27.7 Å². The summed E-state index contributed by atoms with van der Waals surface area (Å²) in [6, 6.07) is 4.42. The van der Waals surface area contributed by atoms with E-state index in [4.69, 9.17) is 5.11 Å². The number of hydrogen-bond acceptors (Lipinski definition) is 3. The third-order valence-electron chi connectivity index (χ3n) is 2.14. The number of thioether (sulfide) groups is 1. The van der Waals surface area contributed by atoms with Crippen molar-refractivity contribution >= 4 is 39.6 Å². The summed E-state index contributed by atoms with van der Waals surface area (Å²) in [6.07, 6.45) is 0.169. The van der Waals surface area contributed by atoms with Crippen molar-refractivity contribution in [1.82, 2.24) is 5.32 Å². The van der Waals surface area contributed by atoms with Crippen LogP contribution in [0.25, 0.3) is 0 Å². The van der Waals surface area contributed by atoms with Crippen molar-refractivity contribution in [3.8, 4) is 0 Å². The van der Waals surface area contributed by atoms with E-state index in [0.717, 1.165) is 0 Å². The van der Waals surface area contributed by atoms with Gasteiger partial charge in [-0.1, -0.05) is 6.07 Å². The second-order valence-electron chi connectivity index (χ2n) is 3.72. The van der Waals surface area contributed by atoms with Gasteiger partial charge in [-0.3, -0.25) is 9.59 Å². The van der Waals surface area contributed by atoms with Crippen LogP contribution in [0.2, 0.25) is 0 Å². The van der Waals surface area contributed by atoms with Gasteiger partial charge in [-0.2, -0.15) is 0 Å². The van der Waals surface area contributed by atoms with Gasteiger partial charge in [-0.05, 0) is 33.6 Å². The first-order valence-corrected chi connectivity index (χ1v) is 7.44. The molecule has 0 saturated heterocycles. The number of amides is 1. The molecule has 0 aliphatic carbocycles. The Kier molecular flexibility index (Phi) is 6.86. The highest BCUT2D eigenvalue weighted by atomic mass is 79.9. The maximum Gasteiger partial charge on any atom is 0.313 e. The molecule has 1 aromatic rings. The molecule has 19 heavy (non-hydrogen) atoms. The molecule has 0 saturated carbocycles. The number of halogens is 2. The molecule has 2 N–H and O–H groups in total. The largest absolute Gasteiger partial charge is 0.481 e. The molecule has 0 aromatic heterocycles. The Morgan fingerprint density at radius 2 is 2.16 bits per heavy atom. The van der Waals surface area contributed by atoms with Gasteiger partial charge in [-0.15, -0.1) is 11.8 Å². The lowest BCUT2D eigenvalue weighted by atomic mass is 10.1. The van der Waals surface area contributed by atoms with Crippen LogP contribution < -0.4 is 5.32 Å². The number of hydrogen-bond donors (Lipinski definition) is 2. The molecule has 0 fully saturated rings. The Hall–Kier alpha value is -1.08. The average Bonchev–Trinajstić information content (AvgIpc) is 2.33. The summed E-state index contributed by atoms with van der Waals surface area (Å²) >= 11 is 4.30. The quantitative estimate of drug-likeness (QED) is 0.739. The highest BCUT2D eigenvalue weighted by Gasteiger charge is 2.06. The van der Waals surface area contributed by atoms with Crippen molar-refractivity contribution < 1.29 is 19.1 Å². The summed E-state index contributed by atoms with van der Waals surface area (Å²) < 4.78 is 13.3. The van der Waals surface area contributed by atoms with E-state index >= 15 is 0 Å². The lowest BCUT2D eigenvalue weighted by molar-refractivity contribution is -0.133. The predicted molar refractivity (Wildman–Crippen MR) is 75.8 cm³/mol. The number of benzene rings is 1. The monoisotopic (exact) mass is 349 g/mol. The molecule has 0 radical (unpaired) electrons. The van der Waals surface area contributed by atoms with Gasteiger partial charge in [0.1, 0.15) is 5.82 Å². The van der Waals surface area contributed by atoms with Crippen molar-refractivity contribution in [2.75, 3.05) is 18.1 Å². The maximum atomic E-state index is 13.0. The molecular weight excluding hydrogens is 337 g/mol. The van der Waals surface area contributed by atoms with Crippen molar-refractivity contribution in [3.63, 3.8) is 0 Å². The molecule has 0 bridgehead atoms. The molecular formula is C12H13BrFNO3S. The molecule has 7 heteroatoms. The Labute approximate surface area is 122 Å². The zero-order valence-corrected chi connectivity index (χ0v) is 12.4. The first-order chi connectivity index (χ1) is 8.99. The van der Waals surface area contributed by atoms with Crippen molar-refractivity contribution in [1.29, 1.82) is 0 Å². The second-order valence-corrected chi connectivity index (χ2v) is 5.68. The molecule has 0 unspecified atom stereocenters. The number of aliphatic carboxylic acids is 1. The number of carboxylic acids is 1. The summed E-state index contributed by atoms with van der Waals surface area (Å²) in [6.45, 7) is 0.416. The zero-order valence-electron chi connectivity index (χ0n) is 9.99. The molecule has 0 atom stereocenters. The maximum absolute atomic E-state index is 13.0. The van der Waals surface area contributed by atoms with Crippen LogP contribution in [-0.4, -0.2) is 35.0 Å². The van der Waals surface area contributed by atoms with Crippen LogP contribution in [0.15, 0.2) is 22.7 Å². The smallest absolute Gasteiger partial charge is 0.313 e. The van der Waals surface area contributed by atoms with Crippen molar-refractivity contribution in [3.05, 3.63) is 34.1 Å². The number of carbonyl (C=O) groups is 2. The zero-order chi connectivity index (χ0) is 14.3. The summed E-state index contributed by atoms with van der Waals surface area (Å²) in [5.41, 5.74) is 0.712. The number of rotatable bonds is 7. The first-order valence-electron chi connectivity index (χ1n) is 5.49. The van der Waals surface area contributed by atoms with E-state index in [-0.39, 0.29) is 23.9 Å². The molecule has 1 aromatic carbocycles. The third-order valence-corrected chi connectivity index (χ3v) is 3.69. The summed E-state index contributed by atoms with van der Waals surface area (Å²) in [7, 11) is 0. The number of nitrogens with one attached hydrogen (secondary N) is 1. The van der Waals surface area contributed by atoms with E-state index in [2.05, 4.69) is 21.2 Å². The van der Waals surface area contributed by atoms with Crippen LogP contribution in [0.4, 0.5) is 4.39 Å². The van der Waals surface area contributed by atoms with Gasteiger partial charge in [-0.25, -0.2) is 4.39 Å². The minimum Gasteiger partial charge on any atom is -0.481 e. The van der Waals surface area contributed by atoms with E-state index in [9.17, 15) is 14.0 Å². The van der Waals surface area contributed by atoms with E-state index in [0.29, 0.717) is 22.3 Å². The minimum atomic E-state index is -0.868. The fourth-order valence-corrected chi connectivity index (χ4v) is 2.31. The molecule has 0 aliphatic heterocycles. The Morgan fingerprint density at radius 3 is 2.79 bits per heavy atom. The van der Waals surface area contributed by atoms with Gasteiger partial charge in [0, 0.05) is 12.3 Å². The first kappa shape index (κ1) is 16.0. The Balaban J connectivity index is 2.27. The predicted octanol–water partition coefficient (Wildman–Crippen LogP) is 2.06. The fourth-order valence-electron chi connectivity index (χ4n) is 1.32. The average molecular weight is 350 g/mol. The SMILES string of the molecule is O=C(O)CSCCNC(=O)Cc1ccc(F)c(Br)c1. The van der Waals surface area contributed by atoms with Crippen LogP contribution in [0.1, 0.15) is 5.56 Å². The van der Waals surface area contributed by atoms with Crippen LogP contribution in [0.3, 0.4) is 0 Å². The second kappa shape index (κ2) is 8.16. The van der Waals surface area contributed by atoms with Gasteiger partial charge >= 0.3 is 5.97 Å². The molecule has 4 nitrogen and oxygen atoms in total. The molecule has 104 valence electrons. The van der Waals surface area contributed by atoms with Crippen molar-refractivity contribution in [2.45, 2.75) is 6.42 Å². The fraction of sp³-hybridized carbons (Fsp3) is 0.333. The van der Waals surface area contributed by atoms with E-state index in [1.54, 1.807) is 12.1 Å². The van der Waals surface area contributed by atoms with Crippen LogP contribution in [0.5, 0.6) is 0 Å². The van der Waals surface area contributed by atoms with Gasteiger partial charge in [0.25, 0.3) is 0 Å². The Morgan fingerprint density at radius 1 is 1.42 bits per heavy atom. The number of carboxylic acid groups (broad SMARTS) is 1. The highest BCUT2D eigenvalue weighted by Crippen LogP contribution is 2.17. The van der Waals surface area contributed by atoms with E-state index in [1.807, 2.05) is 0 Å². The third kappa shape index (κ3) is 6.58. The lowest BCUT2D eigenvalue weighted by Crippen LogP contribution is -2.27. The molecule has 0 heterocycles. The van der Waals surface area contributed by atoms with Gasteiger partial charge in [0.15, 0.2) is 0 Å². The topological polar surface area (TPSA) is 66.4 Å². The van der Waals surface area contributed by atoms with E-state index < -0.39 is 5.97 Å². The summed E-state index contributed by atoms with van der Waals surface area (Å²) in [5.74, 6) is -0.831. The summed E-state index contributed by atoms with van der Waals surface area (Å²) in [4.78, 5) is 21.8. The lowest BCUT2D eigenvalue weighted by Gasteiger charge is -2.05. The minimum absolute atomic E-state index is 0.0286. The Bertz CT molecular complexity index is 470. The molecule has 1 amide bonds. The van der Waals surface area contributed by atoms with Crippen molar-refractivity contribution in [2.24, 2.45) is 0 Å². The molecule has 0 spiro atoms. The number of carbonyl (C=O) groups excluding carboxylic acids is 1.